The third-order valence-corrected chi connectivity index (χ3v) is 5.10. The number of anilines is 1. The van der Waals surface area contributed by atoms with Gasteiger partial charge in [-0.15, -0.1) is 0 Å². The van der Waals surface area contributed by atoms with Crippen molar-refractivity contribution in [3.63, 3.8) is 0 Å². The molecule has 20 heavy (non-hydrogen) atoms. The molecule has 2 unspecified atom stereocenters. The summed E-state index contributed by atoms with van der Waals surface area (Å²) in [6.07, 6.45) is 5.26. The maximum atomic E-state index is 5.85. The lowest BCUT2D eigenvalue weighted by atomic mass is 9.84. The molecule has 3 heteroatoms. The number of fused-ring (bicyclic) bond motifs is 1. The van der Waals surface area contributed by atoms with Crippen molar-refractivity contribution in [2.45, 2.75) is 31.7 Å². The normalized spacial score (nSPS) is 28.2. The van der Waals surface area contributed by atoms with E-state index in [2.05, 4.69) is 35.0 Å². The van der Waals surface area contributed by atoms with E-state index in [-0.39, 0.29) is 0 Å². The van der Waals surface area contributed by atoms with Crippen LogP contribution in [0.1, 0.15) is 24.8 Å². The zero-order chi connectivity index (χ0) is 13.9. The summed E-state index contributed by atoms with van der Waals surface area (Å²) in [6, 6.07) is 9.17. The van der Waals surface area contributed by atoms with Crippen molar-refractivity contribution in [3.8, 4) is 0 Å². The van der Waals surface area contributed by atoms with E-state index in [1.54, 1.807) is 0 Å². The fourth-order valence-electron chi connectivity index (χ4n) is 3.97. The van der Waals surface area contributed by atoms with E-state index in [0.717, 1.165) is 24.1 Å². The summed E-state index contributed by atoms with van der Waals surface area (Å²) in [5.74, 6) is 0.892. The number of nitrogens with two attached hydrogens (primary N) is 1. The lowest BCUT2D eigenvalue weighted by Gasteiger charge is -2.46. The minimum absolute atomic E-state index is 0.840. The van der Waals surface area contributed by atoms with Crippen molar-refractivity contribution >= 4 is 5.69 Å². The highest BCUT2D eigenvalue weighted by atomic mass is 15.2. The van der Waals surface area contributed by atoms with Crippen molar-refractivity contribution in [2.24, 2.45) is 5.92 Å². The predicted molar refractivity (Wildman–Crippen MR) is 84.8 cm³/mol. The van der Waals surface area contributed by atoms with Crippen molar-refractivity contribution < 1.29 is 0 Å². The van der Waals surface area contributed by atoms with Gasteiger partial charge < -0.3 is 15.5 Å². The SMILES string of the molecule is CN1CCCC2CN(CCc3cccc(N)c3)CCC21. The molecule has 2 N–H and O–H groups in total. The fraction of sp³-hybridized carbons (Fsp3) is 0.647. The lowest BCUT2D eigenvalue weighted by Crippen LogP contribution is -2.52. The summed E-state index contributed by atoms with van der Waals surface area (Å²) in [4.78, 5) is 5.24. The Morgan fingerprint density at radius 1 is 1.25 bits per heavy atom. The summed E-state index contributed by atoms with van der Waals surface area (Å²) in [6.45, 7) is 5.02. The Balaban J connectivity index is 1.52. The Labute approximate surface area is 122 Å². The number of likely N-dealkylation sites (tertiary alicyclic amines) is 2. The third-order valence-electron chi connectivity index (χ3n) is 5.10. The highest BCUT2D eigenvalue weighted by Gasteiger charge is 2.33. The average Bonchev–Trinajstić information content (AvgIpc) is 2.45. The van der Waals surface area contributed by atoms with Crippen LogP contribution in [-0.4, -0.2) is 49.1 Å². The maximum absolute atomic E-state index is 5.85. The Morgan fingerprint density at radius 2 is 2.15 bits per heavy atom. The van der Waals surface area contributed by atoms with Gasteiger partial charge in [-0.3, -0.25) is 0 Å². The molecule has 1 aromatic carbocycles. The van der Waals surface area contributed by atoms with Gasteiger partial charge in [0.2, 0.25) is 0 Å². The molecule has 0 spiro atoms. The lowest BCUT2D eigenvalue weighted by molar-refractivity contribution is 0.0391. The van der Waals surface area contributed by atoms with Gasteiger partial charge in [0.05, 0.1) is 0 Å². The number of nitrogens with zero attached hydrogens (tertiary/aromatic N) is 2. The van der Waals surface area contributed by atoms with Gasteiger partial charge in [-0.05, 0) is 69.4 Å². The molecule has 0 aliphatic carbocycles. The highest BCUT2D eigenvalue weighted by molar-refractivity contribution is 5.40. The number of piperidine rings is 2. The average molecular weight is 273 g/mol. The molecular weight excluding hydrogens is 246 g/mol. The van der Waals surface area contributed by atoms with E-state index in [4.69, 9.17) is 5.73 Å². The van der Waals surface area contributed by atoms with Gasteiger partial charge in [-0.2, -0.15) is 0 Å². The summed E-state index contributed by atoms with van der Waals surface area (Å²) in [7, 11) is 2.30. The van der Waals surface area contributed by atoms with Gasteiger partial charge in [0, 0.05) is 24.8 Å². The van der Waals surface area contributed by atoms with Crippen LogP contribution in [-0.2, 0) is 6.42 Å². The van der Waals surface area contributed by atoms with E-state index < -0.39 is 0 Å². The molecule has 3 rings (SSSR count). The quantitative estimate of drug-likeness (QED) is 0.857. The first kappa shape index (κ1) is 13.9. The fourth-order valence-corrected chi connectivity index (χ4v) is 3.97. The second kappa shape index (κ2) is 6.15. The van der Waals surface area contributed by atoms with Gasteiger partial charge >= 0.3 is 0 Å². The molecule has 2 aliphatic rings. The molecule has 0 radical (unpaired) electrons. The first-order valence-electron chi connectivity index (χ1n) is 7.99. The van der Waals surface area contributed by atoms with Crippen molar-refractivity contribution in [1.82, 2.24) is 9.80 Å². The number of benzene rings is 1. The number of hydrogen-bond donors (Lipinski definition) is 1. The molecule has 110 valence electrons. The van der Waals surface area contributed by atoms with E-state index in [0.29, 0.717) is 0 Å². The molecule has 3 nitrogen and oxygen atoms in total. The topological polar surface area (TPSA) is 32.5 Å². The van der Waals surface area contributed by atoms with Crippen LogP contribution in [0, 0.1) is 5.92 Å². The minimum atomic E-state index is 0.840. The highest BCUT2D eigenvalue weighted by Crippen LogP contribution is 2.29. The smallest absolute Gasteiger partial charge is 0.0316 e. The van der Waals surface area contributed by atoms with E-state index in [9.17, 15) is 0 Å². The minimum Gasteiger partial charge on any atom is -0.399 e. The Kier molecular flexibility index (Phi) is 4.27. The number of nitrogen functional groups attached to an aromatic ring is 1. The van der Waals surface area contributed by atoms with Gasteiger partial charge in [-0.1, -0.05) is 12.1 Å². The van der Waals surface area contributed by atoms with Gasteiger partial charge in [-0.25, -0.2) is 0 Å². The molecule has 2 aliphatic heterocycles. The summed E-state index contributed by atoms with van der Waals surface area (Å²) >= 11 is 0. The molecule has 0 saturated carbocycles. The molecule has 0 aromatic heterocycles. The van der Waals surface area contributed by atoms with E-state index in [1.807, 2.05) is 6.07 Å². The number of hydrogen-bond acceptors (Lipinski definition) is 3. The van der Waals surface area contributed by atoms with E-state index >= 15 is 0 Å². The Bertz CT molecular complexity index is 446. The molecule has 2 saturated heterocycles. The van der Waals surface area contributed by atoms with Crippen LogP contribution in [0.2, 0.25) is 0 Å². The summed E-state index contributed by atoms with van der Waals surface area (Å²) in [5, 5.41) is 0. The molecule has 1 aromatic rings. The molecular formula is C17H27N3. The van der Waals surface area contributed by atoms with Crippen LogP contribution in [0.4, 0.5) is 5.69 Å². The Morgan fingerprint density at radius 3 is 3.00 bits per heavy atom. The van der Waals surface area contributed by atoms with Crippen LogP contribution < -0.4 is 5.73 Å². The molecule has 2 heterocycles. The second-order valence-corrected chi connectivity index (χ2v) is 6.53. The monoisotopic (exact) mass is 273 g/mol. The largest absolute Gasteiger partial charge is 0.399 e. The van der Waals surface area contributed by atoms with Crippen molar-refractivity contribution in [2.75, 3.05) is 39.0 Å². The van der Waals surface area contributed by atoms with Gasteiger partial charge in [0.1, 0.15) is 0 Å². The van der Waals surface area contributed by atoms with Crippen LogP contribution in [0.15, 0.2) is 24.3 Å². The molecule has 0 bridgehead atoms. The summed E-state index contributed by atoms with van der Waals surface area (Å²) < 4.78 is 0. The standard InChI is InChI=1S/C17H27N3/c1-19-9-3-5-15-13-20(11-8-17(15)19)10-7-14-4-2-6-16(18)12-14/h2,4,6,12,15,17H,3,5,7-11,13,18H2,1H3. The van der Waals surface area contributed by atoms with Crippen molar-refractivity contribution in [1.29, 1.82) is 0 Å². The molecule has 2 fully saturated rings. The van der Waals surface area contributed by atoms with Crippen LogP contribution in [0.3, 0.4) is 0 Å². The zero-order valence-corrected chi connectivity index (χ0v) is 12.6. The van der Waals surface area contributed by atoms with Crippen molar-refractivity contribution in [3.05, 3.63) is 29.8 Å². The van der Waals surface area contributed by atoms with Crippen LogP contribution in [0.5, 0.6) is 0 Å². The first-order chi connectivity index (χ1) is 9.72. The van der Waals surface area contributed by atoms with E-state index in [1.165, 1.54) is 51.0 Å². The van der Waals surface area contributed by atoms with Gasteiger partial charge in [0.15, 0.2) is 0 Å². The van der Waals surface area contributed by atoms with Crippen LogP contribution >= 0.6 is 0 Å². The second-order valence-electron chi connectivity index (χ2n) is 6.53. The Hall–Kier alpha value is -1.06. The van der Waals surface area contributed by atoms with Gasteiger partial charge in [0.25, 0.3) is 0 Å². The maximum Gasteiger partial charge on any atom is 0.0316 e. The number of rotatable bonds is 3. The van der Waals surface area contributed by atoms with Crippen LogP contribution in [0.25, 0.3) is 0 Å². The third kappa shape index (κ3) is 3.15. The molecule has 2 atom stereocenters. The zero-order valence-electron chi connectivity index (χ0n) is 12.6. The first-order valence-corrected chi connectivity index (χ1v) is 7.99. The summed E-state index contributed by atoms with van der Waals surface area (Å²) in [5.41, 5.74) is 8.10. The molecule has 0 amide bonds. The predicted octanol–water partition coefficient (Wildman–Crippen LogP) is 2.23.